The van der Waals surface area contributed by atoms with E-state index < -0.39 is 0 Å². The van der Waals surface area contributed by atoms with Crippen molar-refractivity contribution in [2.45, 2.75) is 0 Å². The number of aromatic nitrogens is 3. The van der Waals surface area contributed by atoms with Crippen LogP contribution in [0.15, 0.2) is 0 Å². The predicted molar refractivity (Wildman–Crippen MR) is 38.5 cm³/mol. The van der Waals surface area contributed by atoms with Gasteiger partial charge in [0.2, 0.25) is 0 Å². The average molecular weight is 202 g/mol. The van der Waals surface area contributed by atoms with Gasteiger partial charge in [-0.3, -0.25) is 0 Å². The van der Waals surface area contributed by atoms with Crippen molar-refractivity contribution in [1.82, 2.24) is 15.4 Å². The highest BCUT2D eigenvalue weighted by atomic mass is 35.5. The van der Waals surface area contributed by atoms with Crippen LogP contribution in [-0.4, -0.2) is 20.9 Å². The number of rotatable bonds is 0. The molecule has 0 radical (unpaired) electrons. The van der Waals surface area contributed by atoms with Crippen molar-refractivity contribution in [1.29, 1.82) is 0 Å². The first-order chi connectivity index (χ1) is 4.22. The van der Waals surface area contributed by atoms with Crippen LogP contribution < -0.4 is 0 Å². The topological polar surface area (TPSA) is 70.2 Å². The highest BCUT2D eigenvalue weighted by Gasteiger charge is 2.03. The summed E-state index contributed by atoms with van der Waals surface area (Å²) in [7, 11) is 0. The van der Waals surface area contributed by atoms with E-state index in [1.165, 1.54) is 0 Å². The molecule has 0 aromatic carbocycles. The molecule has 0 unspecified atom stereocenters. The van der Waals surface area contributed by atoms with E-state index in [1.54, 1.807) is 0 Å². The Morgan fingerprint density at radius 1 is 0.900 bits per heavy atom. The van der Waals surface area contributed by atoms with E-state index in [9.17, 15) is 0 Å². The second-order valence-corrected chi connectivity index (χ2v) is 2.28. The summed E-state index contributed by atoms with van der Waals surface area (Å²) in [5.41, 5.74) is 0. The van der Waals surface area contributed by atoms with E-state index in [4.69, 9.17) is 34.8 Å². The van der Waals surface area contributed by atoms with Gasteiger partial charge in [-0.15, -0.1) is 10.2 Å². The lowest BCUT2D eigenvalue weighted by Gasteiger charge is -1.90. The standard InChI is InChI=1S/C3Cl3N3.H2O/c4-1-2(5)7-9-8-3(1)6;/h;1H2. The van der Waals surface area contributed by atoms with Gasteiger partial charge < -0.3 is 5.48 Å². The molecule has 0 aliphatic carbocycles. The van der Waals surface area contributed by atoms with E-state index in [0.717, 1.165) is 0 Å². The van der Waals surface area contributed by atoms with Gasteiger partial charge in [0.15, 0.2) is 10.3 Å². The third-order valence-corrected chi connectivity index (χ3v) is 1.71. The van der Waals surface area contributed by atoms with Crippen molar-refractivity contribution < 1.29 is 5.48 Å². The predicted octanol–water partition coefficient (Wildman–Crippen LogP) is 1.01. The second-order valence-electron chi connectivity index (χ2n) is 1.19. The van der Waals surface area contributed by atoms with Crippen LogP contribution in [0.1, 0.15) is 0 Å². The SMILES string of the molecule is Clc1nnnc(Cl)c1Cl.O. The molecule has 0 aliphatic heterocycles. The third-order valence-electron chi connectivity index (χ3n) is 0.627. The fourth-order valence-corrected chi connectivity index (χ4v) is 0.644. The molecule has 0 spiro atoms. The summed E-state index contributed by atoms with van der Waals surface area (Å²) in [5.74, 6) is 0. The molecule has 0 bridgehead atoms. The number of hydrogen-bond acceptors (Lipinski definition) is 3. The van der Waals surface area contributed by atoms with E-state index in [1.807, 2.05) is 0 Å². The fraction of sp³-hybridized carbons (Fsp3) is 0. The number of halogens is 3. The van der Waals surface area contributed by atoms with Crippen molar-refractivity contribution in [3.63, 3.8) is 0 Å². The van der Waals surface area contributed by atoms with E-state index >= 15 is 0 Å². The lowest BCUT2D eigenvalue weighted by atomic mass is 10.7. The Morgan fingerprint density at radius 3 is 1.60 bits per heavy atom. The zero-order valence-electron chi connectivity index (χ0n) is 4.48. The number of nitrogens with zero attached hydrogens (tertiary/aromatic N) is 3. The zero-order chi connectivity index (χ0) is 6.85. The van der Waals surface area contributed by atoms with Gasteiger partial charge in [0.25, 0.3) is 0 Å². The summed E-state index contributed by atoms with van der Waals surface area (Å²) >= 11 is 16.2. The molecule has 4 nitrogen and oxygen atoms in total. The molecule has 1 heterocycles. The van der Waals surface area contributed by atoms with Crippen LogP contribution in [0.2, 0.25) is 15.3 Å². The Bertz CT molecular complexity index is 210. The molecule has 0 aliphatic rings. The average Bonchev–Trinajstić information content (AvgIpc) is 1.83. The van der Waals surface area contributed by atoms with E-state index in [2.05, 4.69) is 15.4 Å². The minimum atomic E-state index is 0. The van der Waals surface area contributed by atoms with Gasteiger partial charge in [0.1, 0.15) is 5.02 Å². The molecule has 1 rings (SSSR count). The molecule has 0 fully saturated rings. The van der Waals surface area contributed by atoms with Crippen LogP contribution in [0.5, 0.6) is 0 Å². The van der Waals surface area contributed by atoms with Crippen molar-refractivity contribution in [3.8, 4) is 0 Å². The van der Waals surface area contributed by atoms with Gasteiger partial charge in [0.05, 0.1) is 0 Å². The first kappa shape index (κ1) is 9.84. The molecule has 0 saturated heterocycles. The van der Waals surface area contributed by atoms with Gasteiger partial charge in [-0.05, 0) is 5.21 Å². The fourth-order valence-electron chi connectivity index (χ4n) is 0.274. The zero-order valence-corrected chi connectivity index (χ0v) is 6.74. The Kier molecular flexibility index (Phi) is 3.81. The lowest BCUT2D eigenvalue weighted by Crippen LogP contribution is -1.88. The van der Waals surface area contributed by atoms with E-state index in [-0.39, 0.29) is 20.8 Å². The van der Waals surface area contributed by atoms with Gasteiger partial charge in [-0.2, -0.15) is 0 Å². The van der Waals surface area contributed by atoms with Gasteiger partial charge in [-0.25, -0.2) is 0 Å². The summed E-state index contributed by atoms with van der Waals surface area (Å²) < 4.78 is 0. The molecule has 1 aromatic heterocycles. The first-order valence-electron chi connectivity index (χ1n) is 1.91. The van der Waals surface area contributed by atoms with Crippen LogP contribution in [-0.2, 0) is 0 Å². The second kappa shape index (κ2) is 3.88. The van der Waals surface area contributed by atoms with Crippen LogP contribution in [0.3, 0.4) is 0 Å². The van der Waals surface area contributed by atoms with Gasteiger partial charge in [0, 0.05) is 0 Å². The summed E-state index contributed by atoms with van der Waals surface area (Å²) in [5, 5.41) is 10.1. The van der Waals surface area contributed by atoms with Crippen LogP contribution in [0.25, 0.3) is 0 Å². The molecular weight excluding hydrogens is 200 g/mol. The molecule has 0 atom stereocenters. The molecule has 7 heteroatoms. The van der Waals surface area contributed by atoms with Crippen molar-refractivity contribution in [2.24, 2.45) is 0 Å². The Balaban J connectivity index is 0.000000810. The lowest BCUT2D eigenvalue weighted by molar-refractivity contribution is 0.824. The quantitative estimate of drug-likeness (QED) is 0.630. The Labute approximate surface area is 71.4 Å². The molecule has 0 saturated carbocycles. The monoisotopic (exact) mass is 201 g/mol. The highest BCUT2D eigenvalue weighted by Crippen LogP contribution is 2.23. The molecule has 56 valence electrons. The summed E-state index contributed by atoms with van der Waals surface area (Å²) in [6.07, 6.45) is 0. The van der Waals surface area contributed by atoms with Crippen LogP contribution >= 0.6 is 34.8 Å². The van der Waals surface area contributed by atoms with Crippen molar-refractivity contribution in [2.75, 3.05) is 0 Å². The molecule has 2 N–H and O–H groups in total. The molecule has 0 amide bonds. The maximum atomic E-state index is 5.45. The molecule has 1 aromatic rings. The third kappa shape index (κ3) is 1.91. The van der Waals surface area contributed by atoms with Crippen molar-refractivity contribution >= 4 is 34.8 Å². The highest BCUT2D eigenvalue weighted by molar-refractivity contribution is 6.46. The maximum absolute atomic E-state index is 5.45. The summed E-state index contributed by atoms with van der Waals surface area (Å²) in [4.78, 5) is 0. The van der Waals surface area contributed by atoms with Crippen molar-refractivity contribution in [3.05, 3.63) is 15.3 Å². The first-order valence-corrected chi connectivity index (χ1v) is 3.05. The normalized spacial score (nSPS) is 8.70. The molecular formula is C3H2Cl3N3O. The summed E-state index contributed by atoms with van der Waals surface area (Å²) in [6, 6.07) is 0. The van der Waals surface area contributed by atoms with E-state index in [0.29, 0.717) is 0 Å². The van der Waals surface area contributed by atoms with Crippen LogP contribution in [0, 0.1) is 0 Å². The summed E-state index contributed by atoms with van der Waals surface area (Å²) in [6.45, 7) is 0. The maximum Gasteiger partial charge on any atom is 0.175 e. The molecule has 10 heavy (non-hydrogen) atoms. The van der Waals surface area contributed by atoms with Gasteiger partial charge >= 0.3 is 0 Å². The smallest absolute Gasteiger partial charge is 0.175 e. The van der Waals surface area contributed by atoms with Gasteiger partial charge in [-0.1, -0.05) is 34.8 Å². The minimum Gasteiger partial charge on any atom is -0.412 e. The largest absolute Gasteiger partial charge is 0.412 e. The Morgan fingerprint density at radius 2 is 1.30 bits per heavy atom. The minimum absolute atomic E-state index is 0. The Hall–Kier alpha value is -0.160. The number of hydrogen-bond donors (Lipinski definition) is 0. The van der Waals surface area contributed by atoms with Crippen LogP contribution in [0.4, 0.5) is 0 Å².